The largest absolute Gasteiger partial charge is 0.457 e. The van der Waals surface area contributed by atoms with Crippen LogP contribution in [0.3, 0.4) is 0 Å². The van der Waals surface area contributed by atoms with Crippen molar-refractivity contribution in [3.05, 3.63) is 69.2 Å². The number of pyridine rings is 1. The number of hydrogen-bond donors (Lipinski definition) is 2. The van der Waals surface area contributed by atoms with Crippen LogP contribution in [0.2, 0.25) is 0 Å². The summed E-state index contributed by atoms with van der Waals surface area (Å²) in [7, 11) is 0. The van der Waals surface area contributed by atoms with Crippen LogP contribution in [0.25, 0.3) is 5.82 Å². The number of fused-ring (bicyclic) bond motifs is 1. The van der Waals surface area contributed by atoms with Crippen LogP contribution in [0, 0.1) is 32.1 Å². The van der Waals surface area contributed by atoms with Gasteiger partial charge in [0.25, 0.3) is 0 Å². The number of aromatic nitrogens is 4. The van der Waals surface area contributed by atoms with Crippen LogP contribution in [0.5, 0.6) is 0 Å². The van der Waals surface area contributed by atoms with E-state index in [9.17, 15) is 9.90 Å². The molecule has 31 heavy (non-hydrogen) atoms. The van der Waals surface area contributed by atoms with Crippen LogP contribution in [0.1, 0.15) is 55.7 Å². The second kappa shape index (κ2) is 8.26. The van der Waals surface area contributed by atoms with Crippen LogP contribution < -0.4 is 5.32 Å². The molecule has 9 nitrogen and oxygen atoms in total. The summed E-state index contributed by atoms with van der Waals surface area (Å²) in [5.41, 5.74) is 5.86. The third kappa shape index (κ3) is 3.91. The predicted octanol–water partition coefficient (Wildman–Crippen LogP) is 1.95. The van der Waals surface area contributed by atoms with Crippen LogP contribution in [0.4, 0.5) is 0 Å². The van der Waals surface area contributed by atoms with Gasteiger partial charge in [0.15, 0.2) is 5.82 Å². The molecule has 1 aliphatic heterocycles. The summed E-state index contributed by atoms with van der Waals surface area (Å²) in [6.45, 7) is 6.57. The van der Waals surface area contributed by atoms with Crippen molar-refractivity contribution in [3.63, 3.8) is 0 Å². The van der Waals surface area contributed by atoms with E-state index in [0.29, 0.717) is 30.0 Å². The lowest BCUT2D eigenvalue weighted by molar-refractivity contribution is 0.0535. The smallest absolute Gasteiger partial charge is 0.338 e. The SMILES string of the molecule is Cc1cc(-n2nc(C)c(CNC[C@H](O)c3ccc4c(c3C)COC4=O)n2)ncc1C#N. The number of carbonyl (C=O) groups excluding carboxylic acids is 1. The molecule has 2 aromatic heterocycles. The molecule has 0 aliphatic carbocycles. The number of aryl methyl sites for hydroxylation is 2. The lowest BCUT2D eigenvalue weighted by Gasteiger charge is -2.16. The number of nitriles is 1. The van der Waals surface area contributed by atoms with E-state index in [2.05, 4.69) is 26.6 Å². The highest BCUT2D eigenvalue weighted by Gasteiger charge is 2.25. The van der Waals surface area contributed by atoms with Gasteiger partial charge in [-0.25, -0.2) is 9.78 Å². The van der Waals surface area contributed by atoms with Gasteiger partial charge < -0.3 is 15.2 Å². The minimum absolute atomic E-state index is 0.249. The molecule has 0 saturated heterocycles. The first-order valence-corrected chi connectivity index (χ1v) is 9.87. The molecule has 0 amide bonds. The molecule has 0 radical (unpaired) electrons. The third-order valence-corrected chi connectivity index (χ3v) is 5.50. The molecule has 1 atom stereocenters. The van der Waals surface area contributed by atoms with Crippen LogP contribution in [-0.2, 0) is 17.9 Å². The molecule has 0 saturated carbocycles. The molecule has 9 heteroatoms. The highest BCUT2D eigenvalue weighted by Crippen LogP contribution is 2.28. The fourth-order valence-electron chi connectivity index (χ4n) is 3.61. The zero-order valence-corrected chi connectivity index (χ0v) is 17.5. The van der Waals surface area contributed by atoms with Gasteiger partial charge >= 0.3 is 5.97 Å². The van der Waals surface area contributed by atoms with E-state index in [0.717, 1.165) is 33.6 Å². The van der Waals surface area contributed by atoms with E-state index < -0.39 is 6.10 Å². The van der Waals surface area contributed by atoms with Crippen LogP contribution in [0.15, 0.2) is 24.4 Å². The van der Waals surface area contributed by atoms with Crippen molar-refractivity contribution in [1.29, 1.82) is 5.26 Å². The van der Waals surface area contributed by atoms with Crippen molar-refractivity contribution in [1.82, 2.24) is 25.3 Å². The van der Waals surface area contributed by atoms with Gasteiger partial charge in [-0.2, -0.15) is 15.5 Å². The number of carbonyl (C=O) groups is 1. The normalized spacial score (nSPS) is 13.6. The number of ether oxygens (including phenoxy) is 1. The molecule has 0 unspecified atom stereocenters. The zero-order valence-electron chi connectivity index (χ0n) is 17.5. The molecule has 3 aromatic rings. The Labute approximate surface area is 179 Å². The van der Waals surface area contributed by atoms with Gasteiger partial charge in [0.05, 0.1) is 28.6 Å². The number of aliphatic hydroxyl groups excluding tert-OH is 1. The number of aliphatic hydroxyl groups is 1. The number of hydrogen-bond acceptors (Lipinski definition) is 8. The van der Waals surface area contributed by atoms with Gasteiger partial charge in [0.1, 0.15) is 12.7 Å². The molecule has 4 rings (SSSR count). The van der Waals surface area contributed by atoms with E-state index >= 15 is 0 Å². The number of benzene rings is 1. The summed E-state index contributed by atoms with van der Waals surface area (Å²) in [5, 5.41) is 31.8. The Hall–Kier alpha value is -3.61. The zero-order chi connectivity index (χ0) is 22.1. The second-order valence-corrected chi connectivity index (χ2v) is 7.52. The van der Waals surface area contributed by atoms with Gasteiger partial charge in [0.2, 0.25) is 0 Å². The predicted molar refractivity (Wildman–Crippen MR) is 110 cm³/mol. The maximum atomic E-state index is 11.7. The van der Waals surface area contributed by atoms with E-state index in [1.807, 2.05) is 20.8 Å². The summed E-state index contributed by atoms with van der Waals surface area (Å²) >= 11 is 0. The standard InChI is InChI=1S/C22H22N6O3/c1-12-6-21(25-8-15(12)7-23)28-26-14(3)19(27-28)9-24-10-20(29)16-4-5-17-18(13(16)2)11-31-22(17)30/h4-6,8,20,24,29H,9-11H2,1-3H3/t20-/m0/s1. The van der Waals surface area contributed by atoms with Crippen LogP contribution >= 0.6 is 0 Å². The third-order valence-electron chi connectivity index (χ3n) is 5.50. The lowest BCUT2D eigenvalue weighted by atomic mass is 9.95. The second-order valence-electron chi connectivity index (χ2n) is 7.52. The molecule has 158 valence electrons. The van der Waals surface area contributed by atoms with Crippen molar-refractivity contribution < 1.29 is 14.6 Å². The average Bonchev–Trinajstić information content (AvgIpc) is 3.31. The van der Waals surface area contributed by atoms with Gasteiger partial charge in [-0.05, 0) is 49.6 Å². The number of esters is 1. The Morgan fingerprint density at radius 1 is 1.32 bits per heavy atom. The molecular weight excluding hydrogens is 396 g/mol. The van der Waals surface area contributed by atoms with Gasteiger partial charge in [-0.3, -0.25) is 0 Å². The monoisotopic (exact) mass is 418 g/mol. The maximum absolute atomic E-state index is 11.7. The van der Waals surface area contributed by atoms with E-state index in [4.69, 9.17) is 10.00 Å². The fourth-order valence-corrected chi connectivity index (χ4v) is 3.61. The van der Waals surface area contributed by atoms with Gasteiger partial charge in [0, 0.05) is 24.8 Å². The Morgan fingerprint density at radius 3 is 2.87 bits per heavy atom. The van der Waals surface area contributed by atoms with Crippen molar-refractivity contribution in [3.8, 4) is 11.9 Å². The molecule has 0 bridgehead atoms. The minimum Gasteiger partial charge on any atom is -0.457 e. The topological polar surface area (TPSA) is 126 Å². The maximum Gasteiger partial charge on any atom is 0.338 e. The molecule has 0 fully saturated rings. The molecule has 2 N–H and O–H groups in total. The Morgan fingerprint density at radius 2 is 2.13 bits per heavy atom. The quantitative estimate of drug-likeness (QED) is 0.582. The first-order valence-electron chi connectivity index (χ1n) is 9.87. The Balaban J connectivity index is 1.42. The molecule has 1 aromatic carbocycles. The number of rotatable bonds is 6. The molecule has 3 heterocycles. The first-order chi connectivity index (χ1) is 14.9. The fraction of sp³-hybridized carbons (Fsp3) is 0.318. The van der Waals surface area contributed by atoms with E-state index in [-0.39, 0.29) is 12.6 Å². The van der Waals surface area contributed by atoms with Crippen molar-refractivity contribution in [2.24, 2.45) is 0 Å². The summed E-state index contributed by atoms with van der Waals surface area (Å²) < 4.78 is 5.08. The van der Waals surface area contributed by atoms with Gasteiger partial charge in [-0.15, -0.1) is 4.80 Å². The number of cyclic esters (lactones) is 1. The van der Waals surface area contributed by atoms with Gasteiger partial charge in [-0.1, -0.05) is 6.07 Å². The lowest BCUT2D eigenvalue weighted by Crippen LogP contribution is -2.22. The first kappa shape index (κ1) is 20.7. The summed E-state index contributed by atoms with van der Waals surface area (Å²) in [6, 6.07) is 7.34. The number of nitrogens with one attached hydrogen (secondary N) is 1. The van der Waals surface area contributed by atoms with Crippen molar-refractivity contribution >= 4 is 5.97 Å². The summed E-state index contributed by atoms with van der Waals surface area (Å²) in [4.78, 5) is 17.4. The Kier molecular flexibility index (Phi) is 5.50. The molecule has 0 spiro atoms. The Bertz CT molecular complexity index is 1210. The van der Waals surface area contributed by atoms with E-state index in [1.165, 1.54) is 11.0 Å². The van der Waals surface area contributed by atoms with E-state index in [1.54, 1.807) is 18.2 Å². The highest BCUT2D eigenvalue weighted by molar-refractivity contribution is 5.93. The minimum atomic E-state index is -0.737. The van der Waals surface area contributed by atoms with Crippen molar-refractivity contribution in [2.45, 2.75) is 40.0 Å². The van der Waals surface area contributed by atoms with Crippen LogP contribution in [-0.4, -0.2) is 37.6 Å². The molecule has 1 aliphatic rings. The van der Waals surface area contributed by atoms with Crippen molar-refractivity contribution in [2.75, 3.05) is 6.54 Å². The highest BCUT2D eigenvalue weighted by atomic mass is 16.5. The molecular formula is C22H22N6O3. The summed E-state index contributed by atoms with van der Waals surface area (Å²) in [5.74, 6) is 0.221. The summed E-state index contributed by atoms with van der Waals surface area (Å²) in [6.07, 6.45) is 0.772. The number of nitrogens with zero attached hydrogens (tertiary/aromatic N) is 5. The average molecular weight is 418 g/mol.